The number of ether oxygens (including phenoxy) is 1. The van der Waals surface area contributed by atoms with Crippen LogP contribution in [-0.4, -0.2) is 21.6 Å². The molecule has 118 valence electrons. The second kappa shape index (κ2) is 6.62. The maximum absolute atomic E-state index is 5.86. The fraction of sp³-hybridized carbons (Fsp3) is 0.222. The van der Waals surface area contributed by atoms with Gasteiger partial charge in [0.15, 0.2) is 0 Å². The Bertz CT molecular complexity index is 793. The predicted molar refractivity (Wildman–Crippen MR) is 90.6 cm³/mol. The van der Waals surface area contributed by atoms with E-state index in [2.05, 4.69) is 41.5 Å². The predicted octanol–water partition coefficient (Wildman–Crippen LogP) is 3.10. The maximum Gasteiger partial charge on any atom is 0.145 e. The number of rotatable bonds is 5. The number of nitrogens with zero attached hydrogens (tertiary/aromatic N) is 3. The SMILES string of the molecule is CCOc1ccccc1-n1nnc(CN)c1-c1ccc(C)cc1. The Labute approximate surface area is 135 Å². The summed E-state index contributed by atoms with van der Waals surface area (Å²) in [5, 5.41) is 8.55. The molecule has 5 heteroatoms. The molecule has 0 aliphatic carbocycles. The van der Waals surface area contributed by atoms with Gasteiger partial charge in [0.05, 0.1) is 12.3 Å². The lowest BCUT2D eigenvalue weighted by atomic mass is 10.1. The molecule has 0 saturated heterocycles. The number of hydrogen-bond donors (Lipinski definition) is 1. The summed E-state index contributed by atoms with van der Waals surface area (Å²) in [6.07, 6.45) is 0. The molecular weight excluding hydrogens is 288 g/mol. The van der Waals surface area contributed by atoms with Crippen molar-refractivity contribution in [3.63, 3.8) is 0 Å². The van der Waals surface area contributed by atoms with Gasteiger partial charge in [0.1, 0.15) is 17.1 Å². The van der Waals surface area contributed by atoms with Crippen LogP contribution in [0, 0.1) is 6.92 Å². The molecule has 23 heavy (non-hydrogen) atoms. The minimum atomic E-state index is 0.333. The van der Waals surface area contributed by atoms with E-state index in [1.54, 1.807) is 4.68 Å². The van der Waals surface area contributed by atoms with Gasteiger partial charge in [-0.25, -0.2) is 4.68 Å². The monoisotopic (exact) mass is 308 g/mol. The van der Waals surface area contributed by atoms with Crippen molar-refractivity contribution in [2.45, 2.75) is 20.4 Å². The number of hydrogen-bond acceptors (Lipinski definition) is 4. The van der Waals surface area contributed by atoms with Crippen LogP contribution in [-0.2, 0) is 6.54 Å². The molecule has 0 spiro atoms. The van der Waals surface area contributed by atoms with Crippen molar-refractivity contribution < 1.29 is 4.74 Å². The molecule has 0 saturated carbocycles. The van der Waals surface area contributed by atoms with E-state index in [1.165, 1.54) is 5.56 Å². The van der Waals surface area contributed by atoms with Gasteiger partial charge in [-0.05, 0) is 26.0 Å². The zero-order valence-corrected chi connectivity index (χ0v) is 13.4. The molecule has 1 aromatic heterocycles. The first-order chi connectivity index (χ1) is 11.2. The summed E-state index contributed by atoms with van der Waals surface area (Å²) in [7, 11) is 0. The molecule has 2 aromatic carbocycles. The van der Waals surface area contributed by atoms with Gasteiger partial charge in [-0.15, -0.1) is 5.10 Å². The second-order valence-corrected chi connectivity index (χ2v) is 5.27. The molecule has 3 aromatic rings. The van der Waals surface area contributed by atoms with E-state index in [0.717, 1.165) is 28.4 Å². The van der Waals surface area contributed by atoms with Crippen LogP contribution in [0.4, 0.5) is 0 Å². The van der Waals surface area contributed by atoms with Gasteiger partial charge in [-0.3, -0.25) is 0 Å². The van der Waals surface area contributed by atoms with Crippen molar-refractivity contribution in [1.29, 1.82) is 0 Å². The summed E-state index contributed by atoms with van der Waals surface area (Å²) in [5.74, 6) is 0.775. The lowest BCUT2D eigenvalue weighted by Gasteiger charge is -2.12. The Morgan fingerprint density at radius 1 is 1.09 bits per heavy atom. The molecule has 5 nitrogen and oxygen atoms in total. The minimum absolute atomic E-state index is 0.333. The Kier molecular flexibility index (Phi) is 4.39. The topological polar surface area (TPSA) is 66.0 Å². The highest BCUT2D eigenvalue weighted by Crippen LogP contribution is 2.29. The quantitative estimate of drug-likeness (QED) is 0.786. The van der Waals surface area contributed by atoms with Crippen LogP contribution in [0.25, 0.3) is 16.9 Å². The van der Waals surface area contributed by atoms with Gasteiger partial charge in [-0.1, -0.05) is 47.2 Å². The summed E-state index contributed by atoms with van der Waals surface area (Å²) in [6.45, 7) is 4.95. The summed E-state index contributed by atoms with van der Waals surface area (Å²) in [4.78, 5) is 0. The van der Waals surface area contributed by atoms with E-state index in [0.29, 0.717) is 13.2 Å². The molecule has 0 fully saturated rings. The zero-order valence-electron chi connectivity index (χ0n) is 13.4. The maximum atomic E-state index is 5.86. The van der Waals surface area contributed by atoms with Crippen LogP contribution < -0.4 is 10.5 Å². The van der Waals surface area contributed by atoms with Crippen molar-refractivity contribution in [2.75, 3.05) is 6.61 Å². The summed E-state index contributed by atoms with van der Waals surface area (Å²) in [6, 6.07) is 16.1. The number of benzene rings is 2. The molecule has 2 N–H and O–H groups in total. The third kappa shape index (κ3) is 2.96. The zero-order chi connectivity index (χ0) is 16.2. The molecule has 0 atom stereocenters. The molecule has 3 rings (SSSR count). The fourth-order valence-corrected chi connectivity index (χ4v) is 2.53. The van der Waals surface area contributed by atoms with Crippen LogP contribution in [0.1, 0.15) is 18.2 Å². The van der Waals surface area contributed by atoms with Crippen molar-refractivity contribution >= 4 is 0 Å². The second-order valence-electron chi connectivity index (χ2n) is 5.27. The number of para-hydroxylation sites is 2. The lowest BCUT2D eigenvalue weighted by Crippen LogP contribution is -2.05. The molecule has 1 heterocycles. The first-order valence-corrected chi connectivity index (χ1v) is 7.68. The highest BCUT2D eigenvalue weighted by Gasteiger charge is 2.17. The van der Waals surface area contributed by atoms with Crippen molar-refractivity contribution in [2.24, 2.45) is 5.73 Å². The van der Waals surface area contributed by atoms with Gasteiger partial charge in [0.2, 0.25) is 0 Å². The average Bonchev–Trinajstić information content (AvgIpc) is 3.00. The van der Waals surface area contributed by atoms with E-state index in [9.17, 15) is 0 Å². The van der Waals surface area contributed by atoms with Gasteiger partial charge >= 0.3 is 0 Å². The Morgan fingerprint density at radius 2 is 1.83 bits per heavy atom. The third-order valence-corrected chi connectivity index (χ3v) is 3.65. The highest BCUT2D eigenvalue weighted by atomic mass is 16.5. The average molecular weight is 308 g/mol. The number of aromatic nitrogens is 3. The van der Waals surface area contributed by atoms with Gasteiger partial charge in [0.25, 0.3) is 0 Å². The molecule has 0 amide bonds. The summed E-state index contributed by atoms with van der Waals surface area (Å²) in [5.41, 5.74) is 10.6. The largest absolute Gasteiger partial charge is 0.492 e. The molecule has 0 bridgehead atoms. The smallest absolute Gasteiger partial charge is 0.145 e. The van der Waals surface area contributed by atoms with Crippen LogP contribution in [0.3, 0.4) is 0 Å². The van der Waals surface area contributed by atoms with Crippen LogP contribution >= 0.6 is 0 Å². The van der Waals surface area contributed by atoms with E-state index < -0.39 is 0 Å². The van der Waals surface area contributed by atoms with Crippen LogP contribution in [0.2, 0.25) is 0 Å². The van der Waals surface area contributed by atoms with E-state index in [-0.39, 0.29) is 0 Å². The van der Waals surface area contributed by atoms with Crippen molar-refractivity contribution in [3.8, 4) is 22.7 Å². The molecule has 0 radical (unpaired) electrons. The van der Waals surface area contributed by atoms with E-state index in [4.69, 9.17) is 10.5 Å². The first kappa shape index (κ1) is 15.2. The van der Waals surface area contributed by atoms with Gasteiger partial charge < -0.3 is 10.5 Å². The normalized spacial score (nSPS) is 10.7. The third-order valence-electron chi connectivity index (χ3n) is 3.65. The molecule has 0 aliphatic rings. The minimum Gasteiger partial charge on any atom is -0.492 e. The van der Waals surface area contributed by atoms with E-state index >= 15 is 0 Å². The van der Waals surface area contributed by atoms with Crippen molar-refractivity contribution in [1.82, 2.24) is 15.0 Å². The van der Waals surface area contributed by atoms with Gasteiger partial charge in [0, 0.05) is 12.1 Å². The van der Waals surface area contributed by atoms with Crippen LogP contribution in [0.15, 0.2) is 48.5 Å². The summed E-state index contributed by atoms with van der Waals surface area (Å²) < 4.78 is 7.53. The lowest BCUT2D eigenvalue weighted by molar-refractivity contribution is 0.338. The molecular formula is C18H20N4O. The molecule has 0 aliphatic heterocycles. The first-order valence-electron chi connectivity index (χ1n) is 7.68. The van der Waals surface area contributed by atoms with E-state index in [1.807, 2.05) is 31.2 Å². The number of nitrogens with two attached hydrogens (primary N) is 1. The van der Waals surface area contributed by atoms with Gasteiger partial charge in [-0.2, -0.15) is 0 Å². The molecule has 0 unspecified atom stereocenters. The standard InChI is InChI=1S/C18H20N4O/c1-3-23-17-7-5-4-6-16(17)22-18(15(12-19)20-21-22)14-10-8-13(2)9-11-14/h4-11H,3,12,19H2,1-2H3. The highest BCUT2D eigenvalue weighted by molar-refractivity contribution is 5.66. The summed E-state index contributed by atoms with van der Waals surface area (Å²) >= 11 is 0. The number of aryl methyl sites for hydroxylation is 1. The Morgan fingerprint density at radius 3 is 2.52 bits per heavy atom. The Balaban J connectivity index is 2.18. The fourth-order valence-electron chi connectivity index (χ4n) is 2.53. The Hall–Kier alpha value is -2.66. The van der Waals surface area contributed by atoms with Crippen molar-refractivity contribution in [3.05, 3.63) is 59.8 Å². The van der Waals surface area contributed by atoms with Crippen LogP contribution in [0.5, 0.6) is 5.75 Å².